The number of esters is 1. The van der Waals surface area contributed by atoms with Gasteiger partial charge in [0.05, 0.1) is 15.4 Å². The molecule has 0 fully saturated rings. The van der Waals surface area contributed by atoms with Gasteiger partial charge in [0, 0.05) is 30.7 Å². The smallest absolute Gasteiger partial charge is 0.343 e. The van der Waals surface area contributed by atoms with Gasteiger partial charge in [-0.25, -0.2) is 4.79 Å². The molecule has 0 atom stereocenters. The maximum atomic E-state index is 12.1. The molecule has 0 spiro atoms. The molecule has 0 heterocycles. The normalized spacial score (nSPS) is 11.0. The second-order valence-corrected chi connectivity index (χ2v) is 4.77. The van der Waals surface area contributed by atoms with E-state index in [0.717, 1.165) is 0 Å². The first-order valence-corrected chi connectivity index (χ1v) is 6.77. The first-order chi connectivity index (χ1) is 11.4. The number of nitro groups is 2. The summed E-state index contributed by atoms with van der Waals surface area (Å²) < 4.78 is 5.24. The molecule has 2 aromatic carbocycles. The molecule has 122 valence electrons. The van der Waals surface area contributed by atoms with Gasteiger partial charge in [-0.3, -0.25) is 20.2 Å². The SMILES string of the molecule is CC(=Cc1ccccc1OC(=O)c1ccc([N+](=O)[O-])cc1)[N+](=O)[O-]. The van der Waals surface area contributed by atoms with Crippen molar-refractivity contribution >= 4 is 17.7 Å². The Bertz CT molecular complexity index is 827. The van der Waals surface area contributed by atoms with E-state index in [0.29, 0.717) is 5.56 Å². The van der Waals surface area contributed by atoms with Crippen LogP contribution in [0.4, 0.5) is 5.69 Å². The molecule has 0 N–H and O–H groups in total. The van der Waals surface area contributed by atoms with Gasteiger partial charge in [-0.1, -0.05) is 18.2 Å². The molecular weight excluding hydrogens is 316 g/mol. The average Bonchev–Trinajstić information content (AvgIpc) is 2.56. The van der Waals surface area contributed by atoms with Gasteiger partial charge in [0.2, 0.25) is 5.70 Å². The van der Waals surface area contributed by atoms with E-state index in [1.54, 1.807) is 18.2 Å². The number of nitro benzene ring substituents is 1. The largest absolute Gasteiger partial charge is 0.422 e. The average molecular weight is 328 g/mol. The van der Waals surface area contributed by atoms with Gasteiger partial charge < -0.3 is 4.74 Å². The van der Waals surface area contributed by atoms with Gasteiger partial charge in [-0.15, -0.1) is 0 Å². The zero-order chi connectivity index (χ0) is 17.7. The number of non-ortho nitro benzene ring substituents is 1. The van der Waals surface area contributed by atoms with Crippen LogP contribution in [-0.2, 0) is 0 Å². The third kappa shape index (κ3) is 4.01. The Hall–Kier alpha value is -3.55. The van der Waals surface area contributed by atoms with Gasteiger partial charge >= 0.3 is 5.97 Å². The number of rotatable bonds is 5. The summed E-state index contributed by atoms with van der Waals surface area (Å²) in [5.41, 5.74) is 0.262. The Balaban J connectivity index is 2.25. The van der Waals surface area contributed by atoms with Gasteiger partial charge in [0.25, 0.3) is 5.69 Å². The maximum Gasteiger partial charge on any atom is 0.343 e. The molecule has 0 amide bonds. The lowest BCUT2D eigenvalue weighted by molar-refractivity contribution is -0.422. The van der Waals surface area contributed by atoms with Crippen LogP contribution in [0.15, 0.2) is 54.2 Å². The predicted octanol–water partition coefficient (Wildman–Crippen LogP) is 3.45. The molecule has 0 aliphatic carbocycles. The van der Waals surface area contributed by atoms with Crippen LogP contribution in [0, 0.1) is 20.2 Å². The molecule has 0 saturated carbocycles. The lowest BCUT2D eigenvalue weighted by Gasteiger charge is -2.07. The highest BCUT2D eigenvalue weighted by Crippen LogP contribution is 2.22. The highest BCUT2D eigenvalue weighted by molar-refractivity contribution is 5.91. The number of hydrogen-bond acceptors (Lipinski definition) is 6. The fourth-order valence-electron chi connectivity index (χ4n) is 1.85. The van der Waals surface area contributed by atoms with Crippen molar-refractivity contribution in [3.63, 3.8) is 0 Å². The van der Waals surface area contributed by atoms with E-state index in [1.807, 2.05) is 0 Å². The fourth-order valence-corrected chi connectivity index (χ4v) is 1.85. The highest BCUT2D eigenvalue weighted by atomic mass is 16.6. The summed E-state index contributed by atoms with van der Waals surface area (Å²) in [6, 6.07) is 11.3. The third-order valence-corrected chi connectivity index (χ3v) is 3.09. The monoisotopic (exact) mass is 328 g/mol. The van der Waals surface area contributed by atoms with Gasteiger partial charge in [0.15, 0.2) is 0 Å². The lowest BCUT2D eigenvalue weighted by atomic mass is 10.1. The Morgan fingerprint density at radius 3 is 2.25 bits per heavy atom. The lowest BCUT2D eigenvalue weighted by Crippen LogP contribution is -2.09. The van der Waals surface area contributed by atoms with E-state index >= 15 is 0 Å². The standard InChI is InChI=1S/C16H12N2O6/c1-11(17(20)21)10-13-4-2-3-5-15(13)24-16(19)12-6-8-14(9-7-12)18(22)23/h2-10H,1H3. The van der Waals surface area contributed by atoms with Crippen LogP contribution in [0.1, 0.15) is 22.8 Å². The Morgan fingerprint density at radius 1 is 1.04 bits per heavy atom. The van der Waals surface area contributed by atoms with Crippen molar-refractivity contribution in [3.8, 4) is 5.75 Å². The summed E-state index contributed by atoms with van der Waals surface area (Å²) in [7, 11) is 0. The number of benzene rings is 2. The van der Waals surface area contributed by atoms with Gasteiger partial charge in [0.1, 0.15) is 5.75 Å². The fraction of sp³-hybridized carbons (Fsp3) is 0.0625. The first kappa shape index (κ1) is 16.8. The summed E-state index contributed by atoms with van der Waals surface area (Å²) in [6.07, 6.45) is 1.29. The molecule has 2 rings (SSSR count). The number of carbonyl (C=O) groups is 1. The second kappa shape index (κ2) is 7.14. The number of nitrogens with zero attached hydrogens (tertiary/aromatic N) is 2. The van der Waals surface area contributed by atoms with E-state index in [9.17, 15) is 25.0 Å². The molecular formula is C16H12N2O6. The molecule has 0 aromatic heterocycles. The molecule has 8 heteroatoms. The van der Waals surface area contributed by atoms with Crippen LogP contribution in [0.2, 0.25) is 0 Å². The summed E-state index contributed by atoms with van der Waals surface area (Å²) in [6.45, 7) is 1.33. The van der Waals surface area contributed by atoms with Crippen molar-refractivity contribution in [2.24, 2.45) is 0 Å². The van der Waals surface area contributed by atoms with Crippen LogP contribution in [0.5, 0.6) is 5.75 Å². The molecule has 0 radical (unpaired) electrons. The van der Waals surface area contributed by atoms with Crippen molar-refractivity contribution in [1.82, 2.24) is 0 Å². The zero-order valence-corrected chi connectivity index (χ0v) is 12.5. The minimum Gasteiger partial charge on any atom is -0.422 e. The molecule has 0 aliphatic rings. The van der Waals surface area contributed by atoms with Crippen LogP contribution in [-0.4, -0.2) is 15.8 Å². The number of para-hydroxylation sites is 1. The van der Waals surface area contributed by atoms with Crippen molar-refractivity contribution in [2.45, 2.75) is 6.92 Å². The third-order valence-electron chi connectivity index (χ3n) is 3.09. The van der Waals surface area contributed by atoms with Crippen molar-refractivity contribution < 1.29 is 19.4 Å². The molecule has 0 aliphatic heterocycles. The molecule has 24 heavy (non-hydrogen) atoms. The highest BCUT2D eigenvalue weighted by Gasteiger charge is 2.14. The van der Waals surface area contributed by atoms with Crippen molar-refractivity contribution in [2.75, 3.05) is 0 Å². The molecule has 8 nitrogen and oxygen atoms in total. The summed E-state index contributed by atoms with van der Waals surface area (Å²) in [4.78, 5) is 32.3. The number of hydrogen-bond donors (Lipinski definition) is 0. The molecule has 0 saturated heterocycles. The maximum absolute atomic E-state index is 12.1. The minimum atomic E-state index is -0.718. The second-order valence-electron chi connectivity index (χ2n) is 4.77. The van der Waals surface area contributed by atoms with E-state index in [2.05, 4.69) is 0 Å². The van der Waals surface area contributed by atoms with Crippen molar-refractivity contribution in [3.05, 3.63) is 85.6 Å². The van der Waals surface area contributed by atoms with E-state index < -0.39 is 15.8 Å². The Morgan fingerprint density at radius 2 is 1.67 bits per heavy atom. The van der Waals surface area contributed by atoms with Crippen LogP contribution < -0.4 is 4.74 Å². The Kier molecular flexibility index (Phi) is 5.00. The van der Waals surface area contributed by atoms with Crippen molar-refractivity contribution in [1.29, 1.82) is 0 Å². The summed E-state index contributed by atoms with van der Waals surface area (Å²) >= 11 is 0. The summed E-state index contributed by atoms with van der Waals surface area (Å²) in [5, 5.41) is 21.3. The Labute approximate surface area is 136 Å². The summed E-state index contributed by atoms with van der Waals surface area (Å²) in [5.74, 6) is -0.563. The quantitative estimate of drug-likeness (QED) is 0.359. The van der Waals surface area contributed by atoms with Gasteiger partial charge in [-0.2, -0.15) is 0 Å². The van der Waals surface area contributed by atoms with E-state index in [-0.39, 0.29) is 22.7 Å². The van der Waals surface area contributed by atoms with Crippen LogP contribution in [0.3, 0.4) is 0 Å². The topological polar surface area (TPSA) is 113 Å². The molecule has 2 aromatic rings. The zero-order valence-electron chi connectivity index (χ0n) is 12.5. The van der Waals surface area contributed by atoms with Crippen LogP contribution in [0.25, 0.3) is 6.08 Å². The van der Waals surface area contributed by atoms with Crippen LogP contribution >= 0.6 is 0 Å². The number of ether oxygens (including phenoxy) is 1. The predicted molar refractivity (Wildman–Crippen MR) is 85.1 cm³/mol. The van der Waals surface area contributed by atoms with E-state index in [1.165, 1.54) is 43.3 Å². The van der Waals surface area contributed by atoms with Gasteiger partial charge in [-0.05, 0) is 18.2 Å². The number of carbonyl (C=O) groups excluding carboxylic acids is 1. The number of allylic oxidation sites excluding steroid dienone is 1. The van der Waals surface area contributed by atoms with E-state index in [4.69, 9.17) is 4.74 Å². The molecule has 0 unspecified atom stereocenters. The minimum absolute atomic E-state index is 0.103. The molecule has 0 bridgehead atoms. The first-order valence-electron chi connectivity index (χ1n) is 6.77.